The van der Waals surface area contributed by atoms with E-state index in [2.05, 4.69) is 146 Å². The molecule has 222 valence electrons. The van der Waals surface area contributed by atoms with Crippen molar-refractivity contribution in [1.82, 2.24) is 15.0 Å². The summed E-state index contributed by atoms with van der Waals surface area (Å²) in [7, 11) is 0. The standard InChI is InChI=1S/C43H30N4/c1-43(26-25-33-18-17-32-20-23-37(29-11-6-3-7-12-29)45-41(32)42(33)47-43)35-14-8-13-34(27-35)38-24-21-31-16-15-30-19-22-36(28-9-4-2-5-10-28)44-39(30)40(31)46-38/h2-27,47H,1H3. The van der Waals surface area contributed by atoms with Crippen LogP contribution < -0.4 is 5.32 Å². The van der Waals surface area contributed by atoms with E-state index in [4.69, 9.17) is 15.0 Å². The van der Waals surface area contributed by atoms with Gasteiger partial charge in [0.15, 0.2) is 0 Å². The van der Waals surface area contributed by atoms with E-state index in [0.717, 1.165) is 83.3 Å². The van der Waals surface area contributed by atoms with Gasteiger partial charge < -0.3 is 5.32 Å². The second kappa shape index (κ2) is 10.7. The van der Waals surface area contributed by atoms with E-state index >= 15 is 0 Å². The van der Waals surface area contributed by atoms with Crippen LogP contribution in [0.4, 0.5) is 5.69 Å². The Balaban J connectivity index is 1.11. The first kappa shape index (κ1) is 27.2. The highest BCUT2D eigenvalue weighted by atomic mass is 15.0. The number of nitrogens with one attached hydrogen (secondary N) is 1. The second-order valence-electron chi connectivity index (χ2n) is 12.4. The first-order valence-corrected chi connectivity index (χ1v) is 15.9. The van der Waals surface area contributed by atoms with Crippen molar-refractivity contribution in [3.05, 3.63) is 163 Å². The first-order chi connectivity index (χ1) is 23.1. The van der Waals surface area contributed by atoms with Crippen LogP contribution in [0.5, 0.6) is 0 Å². The van der Waals surface area contributed by atoms with Crippen LogP contribution in [0.2, 0.25) is 0 Å². The Morgan fingerprint density at radius 1 is 0.468 bits per heavy atom. The lowest BCUT2D eigenvalue weighted by Gasteiger charge is -2.34. The molecule has 1 unspecified atom stereocenters. The Morgan fingerprint density at radius 3 is 1.57 bits per heavy atom. The maximum atomic E-state index is 5.22. The molecule has 0 spiro atoms. The zero-order chi connectivity index (χ0) is 31.4. The van der Waals surface area contributed by atoms with Crippen LogP contribution in [0.15, 0.2) is 152 Å². The van der Waals surface area contributed by atoms with Crippen molar-refractivity contribution in [3.63, 3.8) is 0 Å². The lowest BCUT2D eigenvalue weighted by atomic mass is 9.86. The Kier molecular flexibility index (Phi) is 6.22. The van der Waals surface area contributed by atoms with E-state index in [1.807, 2.05) is 24.3 Å². The summed E-state index contributed by atoms with van der Waals surface area (Å²) in [5, 5.41) is 7.15. The minimum Gasteiger partial charge on any atom is -0.370 e. The Morgan fingerprint density at radius 2 is 0.957 bits per heavy atom. The normalized spacial score (nSPS) is 15.5. The maximum absolute atomic E-state index is 5.22. The largest absolute Gasteiger partial charge is 0.370 e. The molecular formula is C43H30N4. The summed E-state index contributed by atoms with van der Waals surface area (Å²) in [5.41, 5.74) is 11.8. The number of hydrogen-bond acceptors (Lipinski definition) is 4. The minimum atomic E-state index is -0.447. The van der Waals surface area contributed by atoms with Crippen LogP contribution in [0.3, 0.4) is 0 Å². The van der Waals surface area contributed by atoms with E-state index < -0.39 is 5.54 Å². The van der Waals surface area contributed by atoms with Crippen molar-refractivity contribution >= 4 is 44.5 Å². The zero-order valence-corrected chi connectivity index (χ0v) is 25.9. The molecule has 0 saturated carbocycles. The fraction of sp³-hybridized carbons (Fsp3) is 0.0465. The van der Waals surface area contributed by atoms with Gasteiger partial charge in [0.05, 0.1) is 44.9 Å². The highest BCUT2D eigenvalue weighted by molar-refractivity contribution is 6.04. The third-order valence-electron chi connectivity index (χ3n) is 9.29. The molecule has 4 nitrogen and oxygen atoms in total. The van der Waals surface area contributed by atoms with Gasteiger partial charge in [-0.3, -0.25) is 0 Å². The molecule has 1 aliphatic heterocycles. The van der Waals surface area contributed by atoms with Gasteiger partial charge in [0.25, 0.3) is 0 Å². The molecule has 0 radical (unpaired) electrons. The molecule has 0 amide bonds. The molecule has 0 saturated heterocycles. The molecule has 4 heteroatoms. The van der Waals surface area contributed by atoms with Crippen molar-refractivity contribution in [2.75, 3.05) is 5.32 Å². The summed E-state index contributed by atoms with van der Waals surface area (Å²) < 4.78 is 0. The average Bonchev–Trinajstić information content (AvgIpc) is 3.15. The van der Waals surface area contributed by atoms with E-state index in [9.17, 15) is 0 Å². The molecule has 4 heterocycles. The van der Waals surface area contributed by atoms with Crippen LogP contribution >= 0.6 is 0 Å². The Labute approximate surface area is 273 Å². The highest BCUT2D eigenvalue weighted by Crippen LogP contribution is 2.40. The van der Waals surface area contributed by atoms with E-state index in [-0.39, 0.29) is 0 Å². The van der Waals surface area contributed by atoms with Gasteiger partial charge >= 0.3 is 0 Å². The number of fused-ring (bicyclic) bond motifs is 6. The number of aromatic nitrogens is 3. The molecule has 8 aromatic rings. The van der Waals surface area contributed by atoms with Crippen LogP contribution in [0.1, 0.15) is 18.1 Å². The number of rotatable bonds is 4. The molecule has 0 fully saturated rings. The number of nitrogens with zero attached hydrogens (tertiary/aromatic N) is 3. The van der Waals surface area contributed by atoms with Crippen LogP contribution in [0.25, 0.3) is 72.6 Å². The molecule has 1 aliphatic rings. The molecule has 0 aliphatic carbocycles. The van der Waals surface area contributed by atoms with Crippen molar-refractivity contribution < 1.29 is 0 Å². The summed E-state index contributed by atoms with van der Waals surface area (Å²) >= 11 is 0. The van der Waals surface area contributed by atoms with Gasteiger partial charge in [-0.2, -0.15) is 0 Å². The lowest BCUT2D eigenvalue weighted by molar-refractivity contribution is 0.689. The first-order valence-electron chi connectivity index (χ1n) is 15.9. The fourth-order valence-electron chi connectivity index (χ4n) is 6.67. The molecule has 5 aromatic carbocycles. The highest BCUT2D eigenvalue weighted by Gasteiger charge is 2.29. The van der Waals surface area contributed by atoms with Gasteiger partial charge in [-0.15, -0.1) is 0 Å². The van der Waals surface area contributed by atoms with E-state index in [1.165, 1.54) is 0 Å². The number of hydrogen-bond donors (Lipinski definition) is 1. The van der Waals surface area contributed by atoms with Gasteiger partial charge in [-0.25, -0.2) is 15.0 Å². The molecule has 9 rings (SSSR count). The third-order valence-corrected chi connectivity index (χ3v) is 9.29. The number of benzene rings is 5. The smallest absolute Gasteiger partial charge is 0.0972 e. The van der Waals surface area contributed by atoms with Crippen LogP contribution in [-0.2, 0) is 5.54 Å². The lowest BCUT2D eigenvalue weighted by Crippen LogP contribution is -2.32. The summed E-state index contributed by atoms with van der Waals surface area (Å²) in [6, 6.07) is 50.7. The summed E-state index contributed by atoms with van der Waals surface area (Å²) in [6.07, 6.45) is 4.46. The van der Waals surface area contributed by atoms with Gasteiger partial charge in [-0.05, 0) is 42.3 Å². The predicted molar refractivity (Wildman–Crippen MR) is 195 cm³/mol. The Hall–Kier alpha value is -6.13. The molecule has 3 aromatic heterocycles. The zero-order valence-electron chi connectivity index (χ0n) is 25.9. The molecule has 1 atom stereocenters. The van der Waals surface area contributed by atoms with Crippen molar-refractivity contribution in [2.45, 2.75) is 12.5 Å². The molecule has 1 N–H and O–H groups in total. The topological polar surface area (TPSA) is 50.7 Å². The maximum Gasteiger partial charge on any atom is 0.0972 e. The third kappa shape index (κ3) is 4.74. The SMILES string of the molecule is CC1(c2cccc(-c3ccc4ccc5ccc(-c6ccccc6)nc5c4n3)c2)C=Cc2ccc3ccc(-c4ccccc4)nc3c2N1. The van der Waals surface area contributed by atoms with Gasteiger partial charge in [-0.1, -0.05) is 133 Å². The van der Waals surface area contributed by atoms with Crippen molar-refractivity contribution in [1.29, 1.82) is 0 Å². The predicted octanol–water partition coefficient (Wildman–Crippen LogP) is 10.7. The van der Waals surface area contributed by atoms with Crippen LogP contribution in [-0.4, -0.2) is 15.0 Å². The monoisotopic (exact) mass is 602 g/mol. The minimum absolute atomic E-state index is 0.447. The molecular weight excluding hydrogens is 573 g/mol. The number of anilines is 1. The fourth-order valence-corrected chi connectivity index (χ4v) is 6.67. The summed E-state index contributed by atoms with van der Waals surface area (Å²) in [4.78, 5) is 15.5. The van der Waals surface area contributed by atoms with Gasteiger partial charge in [0, 0.05) is 32.8 Å². The van der Waals surface area contributed by atoms with Crippen LogP contribution in [0, 0.1) is 0 Å². The summed E-state index contributed by atoms with van der Waals surface area (Å²) in [5.74, 6) is 0. The van der Waals surface area contributed by atoms with Crippen molar-refractivity contribution in [2.24, 2.45) is 0 Å². The second-order valence-corrected chi connectivity index (χ2v) is 12.4. The van der Waals surface area contributed by atoms with E-state index in [1.54, 1.807) is 0 Å². The average molecular weight is 603 g/mol. The molecule has 47 heavy (non-hydrogen) atoms. The van der Waals surface area contributed by atoms with E-state index in [0.29, 0.717) is 0 Å². The quantitative estimate of drug-likeness (QED) is 0.204. The van der Waals surface area contributed by atoms with Crippen molar-refractivity contribution in [3.8, 4) is 33.8 Å². The molecule has 0 bridgehead atoms. The van der Waals surface area contributed by atoms with Gasteiger partial charge in [0.1, 0.15) is 0 Å². The Bertz CT molecular complexity index is 2500. The van der Waals surface area contributed by atoms with Gasteiger partial charge in [0.2, 0.25) is 0 Å². The number of pyridine rings is 3. The summed E-state index contributed by atoms with van der Waals surface area (Å²) in [6.45, 7) is 2.22.